The lowest BCUT2D eigenvalue weighted by atomic mass is 10.0. The third kappa shape index (κ3) is 4.98. The monoisotopic (exact) mass is 449 g/mol. The highest BCUT2D eigenvalue weighted by Gasteiger charge is 2.38. The maximum Gasteiger partial charge on any atom is 0.470 e. The summed E-state index contributed by atoms with van der Waals surface area (Å²) < 4.78 is 48.1. The van der Waals surface area contributed by atoms with Crippen molar-refractivity contribution in [1.82, 2.24) is 25.0 Å². The molecule has 170 valence electrons. The predicted octanol–water partition coefficient (Wildman–Crippen LogP) is 3.88. The molecule has 8 nitrogen and oxygen atoms in total. The highest BCUT2D eigenvalue weighted by atomic mass is 19.4. The van der Waals surface area contributed by atoms with Gasteiger partial charge >= 0.3 is 18.1 Å². The van der Waals surface area contributed by atoms with Crippen molar-refractivity contribution >= 4 is 6.03 Å². The van der Waals surface area contributed by atoms with E-state index in [9.17, 15) is 18.0 Å². The molecule has 32 heavy (non-hydrogen) atoms. The number of halogens is 3. The highest BCUT2D eigenvalue weighted by molar-refractivity contribution is 5.77. The third-order valence-corrected chi connectivity index (χ3v) is 5.18. The molecule has 2 aromatic rings. The largest absolute Gasteiger partial charge is 0.470 e. The van der Waals surface area contributed by atoms with Gasteiger partial charge in [0.15, 0.2) is 0 Å². The summed E-state index contributed by atoms with van der Waals surface area (Å²) in [7, 11) is 0. The Bertz CT molecular complexity index is 1010. The molecule has 1 atom stereocenters. The van der Waals surface area contributed by atoms with Gasteiger partial charge in [-0.2, -0.15) is 13.2 Å². The number of hydrogen-bond donors (Lipinski definition) is 0. The Morgan fingerprint density at radius 2 is 2.03 bits per heavy atom. The van der Waals surface area contributed by atoms with Crippen molar-refractivity contribution in [3.8, 4) is 11.5 Å². The van der Waals surface area contributed by atoms with E-state index in [1.54, 1.807) is 21.9 Å². The lowest BCUT2D eigenvalue weighted by molar-refractivity contribution is -0.156. The molecule has 2 aliphatic rings. The first-order valence-corrected chi connectivity index (χ1v) is 10.2. The summed E-state index contributed by atoms with van der Waals surface area (Å²) >= 11 is 0. The van der Waals surface area contributed by atoms with Crippen molar-refractivity contribution in [2.24, 2.45) is 5.92 Å². The van der Waals surface area contributed by atoms with Crippen LogP contribution in [0, 0.1) is 5.92 Å². The second kappa shape index (κ2) is 9.11. The summed E-state index contributed by atoms with van der Waals surface area (Å²) in [6, 6.07) is 3.03. The standard InChI is InChI=1S/C21H22F3N5O3/c1-14-2-6-17(7-3-14)29(20(30)28-8-10-31-11-9-28)13-16-5-4-15(12-25-16)18-26-27-19(32-18)21(22,23)24/h2,4-7,12,14H,3,8-11,13H2,1H3. The molecule has 0 aromatic carbocycles. The Labute approximate surface area is 182 Å². The fourth-order valence-electron chi connectivity index (χ4n) is 3.37. The number of allylic oxidation sites excluding steroid dienone is 3. The number of amides is 2. The van der Waals surface area contributed by atoms with Crippen LogP contribution < -0.4 is 0 Å². The molecule has 0 N–H and O–H groups in total. The second-order valence-electron chi connectivity index (χ2n) is 7.62. The van der Waals surface area contributed by atoms with Gasteiger partial charge in [-0.05, 0) is 30.5 Å². The van der Waals surface area contributed by atoms with Crippen molar-refractivity contribution in [3.63, 3.8) is 0 Å². The van der Waals surface area contributed by atoms with Crippen molar-refractivity contribution in [2.75, 3.05) is 26.3 Å². The van der Waals surface area contributed by atoms with Crippen LogP contribution in [-0.2, 0) is 17.5 Å². The molecule has 0 saturated carbocycles. The molecule has 2 aromatic heterocycles. The first kappa shape index (κ1) is 22.0. The molecule has 2 amide bonds. The third-order valence-electron chi connectivity index (χ3n) is 5.18. The second-order valence-corrected chi connectivity index (χ2v) is 7.62. The minimum absolute atomic E-state index is 0.142. The van der Waals surface area contributed by atoms with Crippen LogP contribution >= 0.6 is 0 Å². The first-order valence-electron chi connectivity index (χ1n) is 10.2. The number of morpholine rings is 1. The molecule has 3 heterocycles. The van der Waals surface area contributed by atoms with Crippen LogP contribution in [0.1, 0.15) is 24.9 Å². The van der Waals surface area contributed by atoms with Crippen LogP contribution in [0.3, 0.4) is 0 Å². The number of ether oxygens (including phenoxy) is 1. The van der Waals surface area contributed by atoms with Gasteiger partial charge in [-0.1, -0.05) is 19.1 Å². The van der Waals surface area contributed by atoms with Crippen LogP contribution in [0.5, 0.6) is 0 Å². The van der Waals surface area contributed by atoms with Gasteiger partial charge in [0.05, 0.1) is 31.0 Å². The molecular formula is C21H22F3N5O3. The number of urea groups is 1. The first-order chi connectivity index (χ1) is 15.3. The predicted molar refractivity (Wildman–Crippen MR) is 107 cm³/mol. The molecule has 1 fully saturated rings. The zero-order chi connectivity index (χ0) is 22.7. The van der Waals surface area contributed by atoms with Gasteiger partial charge in [0.2, 0.25) is 5.89 Å². The molecule has 0 bridgehead atoms. The molecular weight excluding hydrogens is 427 g/mol. The number of carbonyl (C=O) groups excluding carboxylic acids is 1. The van der Waals surface area contributed by atoms with E-state index in [0.29, 0.717) is 37.9 Å². The van der Waals surface area contributed by atoms with Crippen molar-refractivity contribution in [3.05, 3.63) is 53.8 Å². The van der Waals surface area contributed by atoms with E-state index in [1.807, 2.05) is 12.2 Å². The average molecular weight is 449 g/mol. The summed E-state index contributed by atoms with van der Waals surface area (Å²) in [4.78, 5) is 20.9. The van der Waals surface area contributed by atoms with Crippen LogP contribution in [0.15, 0.2) is 46.7 Å². The van der Waals surface area contributed by atoms with E-state index in [4.69, 9.17) is 4.74 Å². The fourth-order valence-corrected chi connectivity index (χ4v) is 3.37. The van der Waals surface area contributed by atoms with Gasteiger partial charge in [0.1, 0.15) is 0 Å². The highest BCUT2D eigenvalue weighted by Crippen LogP contribution is 2.30. The number of carbonyl (C=O) groups is 1. The molecule has 4 rings (SSSR count). The maximum atomic E-state index is 13.2. The average Bonchev–Trinajstić information content (AvgIpc) is 3.30. The molecule has 0 radical (unpaired) electrons. The number of rotatable bonds is 4. The van der Waals surface area contributed by atoms with Gasteiger partial charge in [0.25, 0.3) is 0 Å². The lowest BCUT2D eigenvalue weighted by Gasteiger charge is -2.34. The number of alkyl halides is 3. The van der Waals surface area contributed by atoms with Crippen LogP contribution in [-0.4, -0.2) is 57.3 Å². The van der Waals surface area contributed by atoms with E-state index >= 15 is 0 Å². The topological polar surface area (TPSA) is 84.6 Å². The molecule has 1 aliphatic heterocycles. The smallest absolute Gasteiger partial charge is 0.413 e. The van der Waals surface area contributed by atoms with Crippen molar-refractivity contribution in [2.45, 2.75) is 26.1 Å². The summed E-state index contributed by atoms with van der Waals surface area (Å²) in [5, 5.41) is 6.46. The molecule has 1 unspecified atom stereocenters. The van der Waals surface area contributed by atoms with Gasteiger partial charge in [-0.3, -0.25) is 9.88 Å². The van der Waals surface area contributed by atoms with E-state index < -0.39 is 12.1 Å². The molecule has 1 aliphatic carbocycles. The Kier molecular flexibility index (Phi) is 6.26. The normalized spacial score (nSPS) is 19.1. The summed E-state index contributed by atoms with van der Waals surface area (Å²) in [5.74, 6) is -1.29. The minimum Gasteiger partial charge on any atom is -0.413 e. The van der Waals surface area contributed by atoms with E-state index in [-0.39, 0.29) is 24.0 Å². The Hall–Kier alpha value is -3.21. The van der Waals surface area contributed by atoms with E-state index in [0.717, 1.165) is 12.1 Å². The van der Waals surface area contributed by atoms with Gasteiger partial charge in [-0.15, -0.1) is 10.2 Å². The number of nitrogens with zero attached hydrogens (tertiary/aromatic N) is 5. The minimum atomic E-state index is -4.71. The van der Waals surface area contributed by atoms with Crippen LogP contribution in [0.25, 0.3) is 11.5 Å². The van der Waals surface area contributed by atoms with Crippen molar-refractivity contribution < 1.29 is 27.1 Å². The number of hydrogen-bond acceptors (Lipinski definition) is 6. The fraction of sp³-hybridized carbons (Fsp3) is 0.429. The number of pyridine rings is 1. The van der Waals surface area contributed by atoms with E-state index in [2.05, 4.69) is 32.6 Å². The maximum absolute atomic E-state index is 13.2. The number of aromatic nitrogens is 3. The van der Waals surface area contributed by atoms with Crippen LogP contribution in [0.2, 0.25) is 0 Å². The SMILES string of the molecule is CC1C=CC(N(Cc2ccc(-c3nnc(C(F)(F)F)o3)cn2)C(=O)N2CCOCC2)=CC1. The molecule has 11 heteroatoms. The summed E-state index contributed by atoms with van der Waals surface area (Å²) in [6.07, 6.45) is 3.47. The van der Waals surface area contributed by atoms with Crippen molar-refractivity contribution in [1.29, 1.82) is 0 Å². The van der Waals surface area contributed by atoms with E-state index in [1.165, 1.54) is 6.20 Å². The van der Waals surface area contributed by atoms with Gasteiger partial charge < -0.3 is 14.1 Å². The Morgan fingerprint density at radius 1 is 1.25 bits per heavy atom. The zero-order valence-corrected chi connectivity index (χ0v) is 17.4. The van der Waals surface area contributed by atoms with Crippen LogP contribution in [0.4, 0.5) is 18.0 Å². The van der Waals surface area contributed by atoms with Gasteiger partial charge in [0, 0.05) is 25.0 Å². The lowest BCUT2D eigenvalue weighted by Crippen LogP contribution is -2.47. The summed E-state index contributed by atoms with van der Waals surface area (Å²) in [5.41, 5.74) is 1.62. The molecule has 0 spiro atoms. The molecule has 1 saturated heterocycles. The zero-order valence-electron chi connectivity index (χ0n) is 17.4. The Morgan fingerprint density at radius 3 is 2.62 bits per heavy atom. The quantitative estimate of drug-likeness (QED) is 0.704. The Balaban J connectivity index is 1.53. The summed E-state index contributed by atoms with van der Waals surface area (Å²) in [6.45, 7) is 4.30. The van der Waals surface area contributed by atoms with Gasteiger partial charge in [-0.25, -0.2) is 4.79 Å².